The molecule has 15 heavy (non-hydrogen) atoms. The quantitative estimate of drug-likeness (QED) is 0.823. The summed E-state index contributed by atoms with van der Waals surface area (Å²) in [6.07, 6.45) is 4.58. The summed E-state index contributed by atoms with van der Waals surface area (Å²) < 4.78 is 1.00. The van der Waals surface area contributed by atoms with Crippen LogP contribution < -0.4 is 4.90 Å². The van der Waals surface area contributed by atoms with Gasteiger partial charge >= 0.3 is 0 Å². The van der Waals surface area contributed by atoms with Crippen LogP contribution >= 0.6 is 15.9 Å². The summed E-state index contributed by atoms with van der Waals surface area (Å²) in [6, 6.07) is 3.95. The molecule has 1 aliphatic heterocycles. The Morgan fingerprint density at radius 3 is 3.13 bits per heavy atom. The second-order valence-corrected chi connectivity index (χ2v) is 5.07. The molecule has 0 unspecified atom stereocenters. The van der Waals surface area contributed by atoms with Crippen LogP contribution in [0.4, 0.5) is 11.5 Å². The third kappa shape index (κ3) is 1.91. The average Bonchev–Trinajstić information content (AvgIpc) is 3.01. The maximum Gasteiger partial charge on any atom is 0.154 e. The normalized spacial score (nSPS) is 19.8. The van der Waals surface area contributed by atoms with Gasteiger partial charge in [-0.15, -0.1) is 0 Å². The van der Waals surface area contributed by atoms with E-state index in [1.807, 2.05) is 18.3 Å². The van der Waals surface area contributed by atoms with Gasteiger partial charge in [0.15, 0.2) is 5.82 Å². The lowest BCUT2D eigenvalue weighted by Gasteiger charge is -2.27. The van der Waals surface area contributed by atoms with E-state index in [0.29, 0.717) is 0 Å². The third-order valence-corrected chi connectivity index (χ3v) is 3.23. The van der Waals surface area contributed by atoms with Crippen molar-refractivity contribution in [1.29, 1.82) is 0 Å². The van der Waals surface area contributed by atoms with Gasteiger partial charge in [0.1, 0.15) is 10.3 Å². The van der Waals surface area contributed by atoms with Crippen LogP contribution in [0.25, 0.3) is 0 Å². The van der Waals surface area contributed by atoms with Crippen molar-refractivity contribution in [3.05, 3.63) is 18.3 Å². The fourth-order valence-corrected chi connectivity index (χ4v) is 2.37. The maximum absolute atomic E-state index is 4.45. The van der Waals surface area contributed by atoms with Crippen LogP contribution in [0, 0.1) is 5.92 Å². The van der Waals surface area contributed by atoms with Crippen LogP contribution in [-0.4, -0.2) is 22.7 Å². The zero-order valence-electron chi connectivity index (χ0n) is 8.36. The standard InChI is InChI=1S/C11H12BrN3/c12-10-7-15(6-8-3-4-8)11-9(14-10)2-1-5-13-11/h1-2,5,8H,3-4,6-7H2. The molecule has 0 bridgehead atoms. The predicted molar refractivity (Wildman–Crippen MR) is 65.2 cm³/mol. The molecule has 0 atom stereocenters. The first-order valence-corrected chi connectivity index (χ1v) is 6.05. The van der Waals surface area contributed by atoms with Gasteiger partial charge in [0.25, 0.3) is 0 Å². The SMILES string of the molecule is BrC1=Nc2cccnc2N(CC2CC2)C1. The van der Waals surface area contributed by atoms with Crippen molar-refractivity contribution in [2.75, 3.05) is 18.0 Å². The number of halogens is 1. The molecule has 78 valence electrons. The van der Waals surface area contributed by atoms with Crippen molar-refractivity contribution in [2.24, 2.45) is 10.9 Å². The minimum atomic E-state index is 0.862. The van der Waals surface area contributed by atoms with Crippen LogP contribution in [0.15, 0.2) is 23.3 Å². The van der Waals surface area contributed by atoms with Crippen molar-refractivity contribution in [3.8, 4) is 0 Å². The topological polar surface area (TPSA) is 28.5 Å². The summed E-state index contributed by atoms with van der Waals surface area (Å²) in [5, 5.41) is 0. The highest BCUT2D eigenvalue weighted by atomic mass is 79.9. The minimum Gasteiger partial charge on any atom is -0.348 e. The number of aromatic nitrogens is 1. The van der Waals surface area contributed by atoms with Crippen LogP contribution in [0.2, 0.25) is 0 Å². The first-order chi connectivity index (χ1) is 7.33. The van der Waals surface area contributed by atoms with Gasteiger partial charge in [0, 0.05) is 12.7 Å². The molecule has 0 radical (unpaired) electrons. The minimum absolute atomic E-state index is 0.862. The summed E-state index contributed by atoms with van der Waals surface area (Å²) >= 11 is 3.49. The van der Waals surface area contributed by atoms with E-state index < -0.39 is 0 Å². The fourth-order valence-electron chi connectivity index (χ4n) is 1.88. The van der Waals surface area contributed by atoms with Gasteiger partial charge in [-0.1, -0.05) is 0 Å². The molecule has 1 saturated carbocycles. The summed E-state index contributed by atoms with van der Waals surface area (Å²) in [6.45, 7) is 1.98. The molecule has 4 heteroatoms. The number of aliphatic imine (C=N–C) groups is 1. The lowest BCUT2D eigenvalue weighted by atomic mass is 10.3. The molecule has 0 N–H and O–H groups in total. The number of anilines is 1. The Morgan fingerprint density at radius 1 is 1.47 bits per heavy atom. The van der Waals surface area contributed by atoms with Crippen molar-refractivity contribution < 1.29 is 0 Å². The molecular weight excluding hydrogens is 254 g/mol. The Hall–Kier alpha value is -0.900. The summed E-state index contributed by atoms with van der Waals surface area (Å²) in [5.41, 5.74) is 0.983. The summed E-state index contributed by atoms with van der Waals surface area (Å²) in [4.78, 5) is 11.2. The second kappa shape index (κ2) is 3.59. The third-order valence-electron chi connectivity index (χ3n) is 2.80. The first kappa shape index (κ1) is 9.33. The molecule has 0 saturated heterocycles. The summed E-state index contributed by atoms with van der Waals surface area (Å²) in [5.74, 6) is 1.91. The molecule has 1 fully saturated rings. The summed E-state index contributed by atoms with van der Waals surface area (Å²) in [7, 11) is 0. The van der Waals surface area contributed by atoms with E-state index in [-0.39, 0.29) is 0 Å². The van der Waals surface area contributed by atoms with Crippen LogP contribution in [0.3, 0.4) is 0 Å². The lowest BCUT2D eigenvalue weighted by Crippen LogP contribution is -2.32. The highest BCUT2D eigenvalue weighted by Crippen LogP contribution is 2.35. The van der Waals surface area contributed by atoms with E-state index in [1.54, 1.807) is 0 Å². The number of hydrogen-bond acceptors (Lipinski definition) is 3. The molecule has 1 aromatic heterocycles. The number of fused-ring (bicyclic) bond motifs is 1. The Balaban J connectivity index is 1.93. The van der Waals surface area contributed by atoms with Crippen molar-refractivity contribution >= 4 is 32.1 Å². The van der Waals surface area contributed by atoms with Crippen LogP contribution in [0.1, 0.15) is 12.8 Å². The molecule has 2 heterocycles. The number of nitrogens with zero attached hydrogens (tertiary/aromatic N) is 3. The predicted octanol–water partition coefficient (Wildman–Crippen LogP) is 2.74. The molecule has 3 nitrogen and oxygen atoms in total. The van der Waals surface area contributed by atoms with Gasteiger partial charge in [-0.05, 0) is 46.8 Å². The van der Waals surface area contributed by atoms with E-state index in [2.05, 4.69) is 30.8 Å². The van der Waals surface area contributed by atoms with Crippen LogP contribution in [-0.2, 0) is 0 Å². The van der Waals surface area contributed by atoms with E-state index in [9.17, 15) is 0 Å². The molecule has 0 aromatic carbocycles. The number of rotatable bonds is 2. The highest BCUT2D eigenvalue weighted by Gasteiger charge is 2.27. The Labute approximate surface area is 97.4 Å². The molecule has 1 aromatic rings. The number of pyridine rings is 1. The van der Waals surface area contributed by atoms with Gasteiger partial charge in [-0.3, -0.25) is 0 Å². The highest BCUT2D eigenvalue weighted by molar-refractivity contribution is 9.18. The van der Waals surface area contributed by atoms with Gasteiger partial charge < -0.3 is 4.90 Å². The Kier molecular flexibility index (Phi) is 2.24. The van der Waals surface area contributed by atoms with Gasteiger partial charge in [-0.2, -0.15) is 0 Å². The smallest absolute Gasteiger partial charge is 0.154 e. The molecular formula is C11H12BrN3. The van der Waals surface area contributed by atoms with Crippen molar-refractivity contribution in [2.45, 2.75) is 12.8 Å². The van der Waals surface area contributed by atoms with Crippen molar-refractivity contribution in [3.63, 3.8) is 0 Å². The molecule has 1 aliphatic carbocycles. The first-order valence-electron chi connectivity index (χ1n) is 5.26. The van der Waals surface area contributed by atoms with E-state index in [1.165, 1.54) is 12.8 Å². The average molecular weight is 266 g/mol. The van der Waals surface area contributed by atoms with Crippen molar-refractivity contribution in [1.82, 2.24) is 4.98 Å². The van der Waals surface area contributed by atoms with Gasteiger partial charge in [0.2, 0.25) is 0 Å². The maximum atomic E-state index is 4.45. The van der Waals surface area contributed by atoms with E-state index in [4.69, 9.17) is 0 Å². The molecule has 0 amide bonds. The molecule has 0 spiro atoms. The lowest BCUT2D eigenvalue weighted by molar-refractivity contribution is 0.756. The van der Waals surface area contributed by atoms with Gasteiger partial charge in [0.05, 0.1) is 6.54 Å². The molecule has 2 aliphatic rings. The monoisotopic (exact) mass is 265 g/mol. The molecule has 3 rings (SSSR count). The second-order valence-electron chi connectivity index (χ2n) is 4.16. The van der Waals surface area contributed by atoms with Crippen LogP contribution in [0.5, 0.6) is 0 Å². The zero-order chi connectivity index (χ0) is 10.3. The van der Waals surface area contributed by atoms with E-state index in [0.717, 1.165) is 35.1 Å². The zero-order valence-corrected chi connectivity index (χ0v) is 9.94. The largest absolute Gasteiger partial charge is 0.348 e. The van der Waals surface area contributed by atoms with E-state index >= 15 is 0 Å². The van der Waals surface area contributed by atoms with Gasteiger partial charge in [-0.25, -0.2) is 9.98 Å². The number of hydrogen-bond donors (Lipinski definition) is 0. The fraction of sp³-hybridized carbons (Fsp3) is 0.455. The Bertz CT molecular complexity index is 412. The Morgan fingerprint density at radius 2 is 2.33 bits per heavy atom.